The van der Waals surface area contributed by atoms with E-state index in [9.17, 15) is 4.39 Å². The molecule has 7 heteroatoms. The summed E-state index contributed by atoms with van der Waals surface area (Å²) in [7, 11) is 0. The topological polar surface area (TPSA) is 85.7 Å². The number of amidine groups is 1. The minimum absolute atomic E-state index is 0.0887. The van der Waals surface area contributed by atoms with Crippen molar-refractivity contribution in [3.8, 4) is 11.5 Å². The number of nitrogens with zero attached hydrogens (tertiary/aromatic N) is 3. The van der Waals surface area contributed by atoms with Gasteiger partial charge in [0.1, 0.15) is 11.6 Å². The van der Waals surface area contributed by atoms with Crippen molar-refractivity contribution in [2.75, 3.05) is 0 Å². The van der Waals surface area contributed by atoms with E-state index in [0.29, 0.717) is 12.3 Å². The second-order valence-electron chi connectivity index (χ2n) is 3.73. The van der Waals surface area contributed by atoms with Gasteiger partial charge in [-0.1, -0.05) is 11.2 Å². The molecule has 1 aromatic heterocycles. The zero-order valence-corrected chi connectivity index (χ0v) is 10.2. The van der Waals surface area contributed by atoms with Crippen LogP contribution in [-0.4, -0.2) is 20.8 Å². The number of aryl methyl sites for hydroxylation is 1. The molecule has 0 spiro atoms. The molecule has 0 bridgehead atoms. The van der Waals surface area contributed by atoms with E-state index in [0.717, 1.165) is 0 Å². The Morgan fingerprint density at radius 2 is 2.37 bits per heavy atom. The highest BCUT2D eigenvalue weighted by Crippen LogP contribution is 2.26. The Bertz CT molecular complexity index is 610. The maximum absolute atomic E-state index is 13.7. The van der Waals surface area contributed by atoms with E-state index in [4.69, 9.17) is 15.7 Å². The average molecular weight is 264 g/mol. The molecule has 0 unspecified atom stereocenters. The molecule has 100 valence electrons. The van der Waals surface area contributed by atoms with Gasteiger partial charge in [-0.15, -0.1) is 0 Å². The average Bonchev–Trinajstić information content (AvgIpc) is 2.86. The Morgan fingerprint density at radius 1 is 1.58 bits per heavy atom. The minimum atomic E-state index is -0.629. The summed E-state index contributed by atoms with van der Waals surface area (Å²) in [5.41, 5.74) is 5.35. The highest BCUT2D eigenvalue weighted by atomic mass is 19.1. The number of oxime groups is 1. The summed E-state index contributed by atoms with van der Waals surface area (Å²) in [5, 5.41) is 15.5. The van der Waals surface area contributed by atoms with Gasteiger partial charge in [0.05, 0.1) is 18.0 Å². The van der Waals surface area contributed by atoms with E-state index in [-0.39, 0.29) is 17.1 Å². The Morgan fingerprint density at radius 3 is 3.00 bits per heavy atom. The molecule has 2 aromatic rings. The number of benzene rings is 1. The van der Waals surface area contributed by atoms with E-state index in [2.05, 4.69) is 10.3 Å². The van der Waals surface area contributed by atoms with Crippen LogP contribution in [0.2, 0.25) is 0 Å². The van der Waals surface area contributed by atoms with Gasteiger partial charge >= 0.3 is 0 Å². The van der Waals surface area contributed by atoms with Crippen LogP contribution in [0.25, 0.3) is 0 Å². The molecule has 1 aromatic carbocycles. The highest BCUT2D eigenvalue weighted by molar-refractivity contribution is 5.99. The lowest BCUT2D eigenvalue weighted by Gasteiger charge is -2.09. The fourth-order valence-corrected chi connectivity index (χ4v) is 1.59. The van der Waals surface area contributed by atoms with Crippen molar-refractivity contribution in [1.82, 2.24) is 9.78 Å². The van der Waals surface area contributed by atoms with Gasteiger partial charge in [0.2, 0.25) is 0 Å². The Balaban J connectivity index is 2.37. The second-order valence-corrected chi connectivity index (χ2v) is 3.73. The first-order valence-corrected chi connectivity index (χ1v) is 5.62. The van der Waals surface area contributed by atoms with Gasteiger partial charge in [-0.2, -0.15) is 5.10 Å². The van der Waals surface area contributed by atoms with Crippen molar-refractivity contribution in [2.24, 2.45) is 10.9 Å². The molecule has 0 radical (unpaired) electrons. The van der Waals surface area contributed by atoms with Gasteiger partial charge in [-0.05, 0) is 19.1 Å². The van der Waals surface area contributed by atoms with Gasteiger partial charge in [-0.3, -0.25) is 4.68 Å². The van der Waals surface area contributed by atoms with Gasteiger partial charge in [0.15, 0.2) is 11.6 Å². The normalized spacial score (nSPS) is 11.6. The molecule has 0 amide bonds. The monoisotopic (exact) mass is 264 g/mol. The predicted molar refractivity (Wildman–Crippen MR) is 66.9 cm³/mol. The van der Waals surface area contributed by atoms with Crippen LogP contribution in [0, 0.1) is 5.82 Å². The van der Waals surface area contributed by atoms with Crippen LogP contribution < -0.4 is 10.5 Å². The van der Waals surface area contributed by atoms with Gasteiger partial charge < -0.3 is 15.7 Å². The van der Waals surface area contributed by atoms with Crippen LogP contribution in [0.4, 0.5) is 4.39 Å². The molecule has 0 aliphatic heterocycles. The van der Waals surface area contributed by atoms with Crippen LogP contribution in [-0.2, 0) is 6.54 Å². The van der Waals surface area contributed by atoms with Crippen LogP contribution in [0.1, 0.15) is 12.5 Å². The molecule has 0 atom stereocenters. The first-order chi connectivity index (χ1) is 9.15. The fourth-order valence-electron chi connectivity index (χ4n) is 1.59. The largest absolute Gasteiger partial charge is 0.453 e. The van der Waals surface area contributed by atoms with Crippen molar-refractivity contribution in [2.45, 2.75) is 13.5 Å². The Hall–Kier alpha value is -2.57. The van der Waals surface area contributed by atoms with Crippen molar-refractivity contribution in [1.29, 1.82) is 0 Å². The third-order valence-corrected chi connectivity index (χ3v) is 2.50. The SMILES string of the molecule is CCn1cc(Oc2cccc(F)c2/C(N)=N/O)cn1. The van der Waals surface area contributed by atoms with Crippen molar-refractivity contribution < 1.29 is 14.3 Å². The molecule has 2 rings (SSSR count). The van der Waals surface area contributed by atoms with E-state index in [1.54, 1.807) is 10.9 Å². The van der Waals surface area contributed by atoms with Crippen LogP contribution in [0.15, 0.2) is 35.7 Å². The van der Waals surface area contributed by atoms with Gasteiger partial charge in [0, 0.05) is 6.54 Å². The lowest BCUT2D eigenvalue weighted by Crippen LogP contribution is -2.16. The molecular formula is C12H13FN4O2. The van der Waals surface area contributed by atoms with Gasteiger partial charge in [-0.25, -0.2) is 4.39 Å². The molecule has 0 aliphatic rings. The number of rotatable bonds is 4. The molecule has 6 nitrogen and oxygen atoms in total. The predicted octanol–water partition coefficient (Wildman–Crippen LogP) is 1.93. The lowest BCUT2D eigenvalue weighted by atomic mass is 10.1. The van der Waals surface area contributed by atoms with Crippen molar-refractivity contribution in [3.05, 3.63) is 42.0 Å². The summed E-state index contributed by atoms with van der Waals surface area (Å²) >= 11 is 0. The summed E-state index contributed by atoms with van der Waals surface area (Å²) in [6.07, 6.45) is 3.17. The molecule has 0 fully saturated rings. The van der Waals surface area contributed by atoms with E-state index in [1.807, 2.05) is 6.92 Å². The summed E-state index contributed by atoms with van der Waals surface area (Å²) in [6, 6.07) is 4.21. The molecule has 19 heavy (non-hydrogen) atoms. The smallest absolute Gasteiger partial charge is 0.176 e. The minimum Gasteiger partial charge on any atom is -0.453 e. The van der Waals surface area contributed by atoms with E-state index >= 15 is 0 Å². The zero-order chi connectivity index (χ0) is 13.8. The number of aromatic nitrogens is 2. The number of hydrogen-bond acceptors (Lipinski definition) is 4. The number of halogens is 1. The Labute approximate surface area is 108 Å². The summed E-state index contributed by atoms with van der Waals surface area (Å²) in [5.74, 6) is -0.378. The highest BCUT2D eigenvalue weighted by Gasteiger charge is 2.15. The molecule has 0 saturated heterocycles. The molecule has 0 aliphatic carbocycles. The molecule has 0 saturated carbocycles. The third-order valence-electron chi connectivity index (χ3n) is 2.50. The quantitative estimate of drug-likeness (QED) is 0.382. The maximum atomic E-state index is 13.7. The van der Waals surface area contributed by atoms with Gasteiger partial charge in [0.25, 0.3) is 0 Å². The number of nitrogens with two attached hydrogens (primary N) is 1. The molecular weight excluding hydrogens is 251 g/mol. The first kappa shape index (κ1) is 12.9. The van der Waals surface area contributed by atoms with Crippen LogP contribution in [0.3, 0.4) is 0 Å². The van der Waals surface area contributed by atoms with Crippen LogP contribution >= 0.6 is 0 Å². The summed E-state index contributed by atoms with van der Waals surface area (Å²) in [6.45, 7) is 2.63. The van der Waals surface area contributed by atoms with Crippen LogP contribution in [0.5, 0.6) is 11.5 Å². The van der Waals surface area contributed by atoms with E-state index < -0.39 is 5.82 Å². The second kappa shape index (κ2) is 5.38. The van der Waals surface area contributed by atoms with Crippen molar-refractivity contribution >= 4 is 5.84 Å². The zero-order valence-electron chi connectivity index (χ0n) is 10.2. The maximum Gasteiger partial charge on any atom is 0.176 e. The Kier molecular flexibility index (Phi) is 3.65. The number of hydrogen-bond donors (Lipinski definition) is 2. The lowest BCUT2D eigenvalue weighted by molar-refractivity contribution is 0.318. The molecule has 3 N–H and O–H groups in total. The number of ether oxygens (including phenoxy) is 1. The fraction of sp³-hybridized carbons (Fsp3) is 0.167. The standard InChI is InChI=1S/C12H13FN4O2/c1-2-17-7-8(6-15-17)19-10-5-3-4-9(13)11(10)12(14)16-18/h3-7,18H,2H2,1H3,(H2,14,16). The summed E-state index contributed by atoms with van der Waals surface area (Å²) < 4.78 is 20.9. The molecule has 1 heterocycles. The van der Waals surface area contributed by atoms with E-state index in [1.165, 1.54) is 24.4 Å². The first-order valence-electron chi connectivity index (χ1n) is 5.62. The van der Waals surface area contributed by atoms with Crippen molar-refractivity contribution in [3.63, 3.8) is 0 Å². The summed E-state index contributed by atoms with van der Waals surface area (Å²) in [4.78, 5) is 0. The third kappa shape index (κ3) is 2.65.